The highest BCUT2D eigenvalue weighted by atomic mass is 16.4. The van der Waals surface area contributed by atoms with E-state index in [0.29, 0.717) is 5.89 Å². The first kappa shape index (κ1) is 13.3. The van der Waals surface area contributed by atoms with Gasteiger partial charge in [-0.3, -0.25) is 4.79 Å². The first-order chi connectivity index (χ1) is 8.99. The Kier molecular flexibility index (Phi) is 3.64. The molecule has 2 rings (SSSR count). The number of nitrogens with zero attached hydrogens (tertiary/aromatic N) is 2. The second-order valence-electron chi connectivity index (χ2n) is 4.82. The van der Waals surface area contributed by atoms with Gasteiger partial charge in [0, 0.05) is 11.6 Å². The molecular weight excluding hydrogens is 242 g/mol. The van der Waals surface area contributed by atoms with Gasteiger partial charge in [0.1, 0.15) is 0 Å². The Balaban J connectivity index is 2.21. The number of rotatable bonds is 3. The molecule has 0 aliphatic heterocycles. The summed E-state index contributed by atoms with van der Waals surface area (Å²) in [6, 6.07) is 5.83. The first-order valence-corrected chi connectivity index (χ1v) is 6.20. The zero-order chi connectivity index (χ0) is 14.0. The molecule has 5 heteroatoms. The van der Waals surface area contributed by atoms with E-state index in [1.54, 1.807) is 0 Å². The minimum atomic E-state index is -0.378. The van der Waals surface area contributed by atoms with E-state index < -0.39 is 0 Å². The quantitative estimate of drug-likeness (QED) is 0.919. The summed E-state index contributed by atoms with van der Waals surface area (Å²) < 4.78 is 5.32. The summed E-state index contributed by atoms with van der Waals surface area (Å²) in [6.45, 7) is 7.74. The number of carbonyl (C=O) groups is 1. The molecule has 1 N–H and O–H groups in total. The summed E-state index contributed by atoms with van der Waals surface area (Å²) in [4.78, 5) is 12.0. The maximum absolute atomic E-state index is 12.0. The molecule has 0 spiro atoms. The van der Waals surface area contributed by atoms with Crippen molar-refractivity contribution < 1.29 is 9.21 Å². The Morgan fingerprint density at radius 2 is 1.84 bits per heavy atom. The zero-order valence-electron chi connectivity index (χ0n) is 11.5. The normalized spacial score (nSPS) is 10.8. The van der Waals surface area contributed by atoms with Gasteiger partial charge in [-0.05, 0) is 25.0 Å². The summed E-state index contributed by atoms with van der Waals surface area (Å²) in [5.74, 6) is 0.184. The maximum atomic E-state index is 12.0. The molecule has 0 radical (unpaired) electrons. The number of nitrogens with one attached hydrogen (secondary N) is 1. The number of anilines is 1. The number of benzene rings is 1. The molecule has 0 bridgehead atoms. The lowest BCUT2D eigenvalue weighted by Gasteiger charge is -2.09. The topological polar surface area (TPSA) is 68.0 Å². The molecule has 5 nitrogen and oxygen atoms in total. The smallest absolute Gasteiger partial charge is 0.313 e. The van der Waals surface area contributed by atoms with Crippen molar-refractivity contribution in [3.8, 4) is 0 Å². The van der Waals surface area contributed by atoms with Crippen molar-refractivity contribution in [2.75, 3.05) is 5.32 Å². The molecular formula is C14H17N3O2. The minimum absolute atomic E-state index is 0.00801. The van der Waals surface area contributed by atoms with Crippen LogP contribution in [0.25, 0.3) is 0 Å². The van der Waals surface area contributed by atoms with Crippen LogP contribution < -0.4 is 5.32 Å². The zero-order valence-corrected chi connectivity index (χ0v) is 11.5. The van der Waals surface area contributed by atoms with E-state index in [-0.39, 0.29) is 17.7 Å². The van der Waals surface area contributed by atoms with Gasteiger partial charge < -0.3 is 9.73 Å². The standard InChI is InChI=1S/C14H17N3O2/c1-8(2)13-16-17-14(19-13)12(18)15-11-9(3)6-5-7-10(11)4/h5-8H,1-4H3,(H,15,18). The second-order valence-corrected chi connectivity index (χ2v) is 4.82. The van der Waals surface area contributed by atoms with E-state index in [0.717, 1.165) is 16.8 Å². The molecule has 1 amide bonds. The summed E-state index contributed by atoms with van der Waals surface area (Å²) in [7, 11) is 0. The lowest BCUT2D eigenvalue weighted by molar-refractivity contribution is 0.0988. The number of hydrogen-bond donors (Lipinski definition) is 1. The van der Waals surface area contributed by atoms with Crippen molar-refractivity contribution in [2.45, 2.75) is 33.6 Å². The van der Waals surface area contributed by atoms with Crippen molar-refractivity contribution in [3.63, 3.8) is 0 Å². The van der Waals surface area contributed by atoms with Gasteiger partial charge in [-0.2, -0.15) is 0 Å². The van der Waals surface area contributed by atoms with Crippen LogP contribution in [0.2, 0.25) is 0 Å². The molecule has 1 aromatic carbocycles. The largest absolute Gasteiger partial charge is 0.417 e. The van der Waals surface area contributed by atoms with E-state index in [1.165, 1.54) is 0 Å². The summed E-state index contributed by atoms with van der Waals surface area (Å²) in [5.41, 5.74) is 2.78. The Morgan fingerprint density at radius 3 is 2.37 bits per heavy atom. The van der Waals surface area contributed by atoms with Crippen LogP contribution in [-0.4, -0.2) is 16.1 Å². The number of aryl methyl sites for hydroxylation is 2. The van der Waals surface area contributed by atoms with Crippen LogP contribution in [0.3, 0.4) is 0 Å². The third-order valence-corrected chi connectivity index (χ3v) is 2.85. The number of para-hydroxylation sites is 1. The molecule has 0 aliphatic carbocycles. The summed E-state index contributed by atoms with van der Waals surface area (Å²) in [5, 5.41) is 10.4. The van der Waals surface area contributed by atoms with Gasteiger partial charge >= 0.3 is 11.8 Å². The Labute approximate surface area is 112 Å². The molecule has 0 unspecified atom stereocenters. The van der Waals surface area contributed by atoms with Gasteiger partial charge in [0.15, 0.2) is 0 Å². The maximum Gasteiger partial charge on any atom is 0.313 e. The number of amides is 1. The van der Waals surface area contributed by atoms with E-state index in [4.69, 9.17) is 4.42 Å². The number of hydrogen-bond acceptors (Lipinski definition) is 4. The van der Waals surface area contributed by atoms with Crippen molar-refractivity contribution in [3.05, 3.63) is 41.1 Å². The molecule has 0 fully saturated rings. The summed E-state index contributed by atoms with van der Waals surface area (Å²) in [6.07, 6.45) is 0. The first-order valence-electron chi connectivity index (χ1n) is 6.20. The average Bonchev–Trinajstić information content (AvgIpc) is 2.83. The molecule has 0 saturated heterocycles. The summed E-state index contributed by atoms with van der Waals surface area (Å²) >= 11 is 0. The van der Waals surface area contributed by atoms with Crippen LogP contribution in [0.15, 0.2) is 22.6 Å². The van der Waals surface area contributed by atoms with E-state index in [2.05, 4.69) is 15.5 Å². The van der Waals surface area contributed by atoms with E-state index in [1.807, 2.05) is 45.9 Å². The minimum Gasteiger partial charge on any atom is -0.417 e. The predicted molar refractivity (Wildman–Crippen MR) is 72.3 cm³/mol. The number of carbonyl (C=O) groups excluding carboxylic acids is 1. The van der Waals surface area contributed by atoms with E-state index >= 15 is 0 Å². The fourth-order valence-corrected chi connectivity index (χ4v) is 1.74. The molecule has 0 atom stereocenters. The van der Waals surface area contributed by atoms with Gasteiger partial charge in [-0.1, -0.05) is 32.0 Å². The lowest BCUT2D eigenvalue weighted by atomic mass is 10.1. The highest BCUT2D eigenvalue weighted by Gasteiger charge is 2.17. The fourth-order valence-electron chi connectivity index (χ4n) is 1.74. The lowest BCUT2D eigenvalue weighted by Crippen LogP contribution is -2.14. The van der Waals surface area contributed by atoms with E-state index in [9.17, 15) is 4.79 Å². The van der Waals surface area contributed by atoms with Crippen LogP contribution in [-0.2, 0) is 0 Å². The van der Waals surface area contributed by atoms with Crippen LogP contribution in [0.1, 0.15) is 47.5 Å². The van der Waals surface area contributed by atoms with Crippen molar-refractivity contribution in [1.82, 2.24) is 10.2 Å². The monoisotopic (exact) mass is 259 g/mol. The Morgan fingerprint density at radius 1 is 1.21 bits per heavy atom. The molecule has 2 aromatic rings. The predicted octanol–water partition coefficient (Wildman–Crippen LogP) is 3.06. The van der Waals surface area contributed by atoms with Gasteiger partial charge in [-0.25, -0.2) is 0 Å². The third-order valence-electron chi connectivity index (χ3n) is 2.85. The SMILES string of the molecule is Cc1cccc(C)c1NC(=O)c1nnc(C(C)C)o1. The van der Waals surface area contributed by atoms with Crippen molar-refractivity contribution in [1.29, 1.82) is 0 Å². The third kappa shape index (κ3) is 2.81. The van der Waals surface area contributed by atoms with Crippen LogP contribution >= 0.6 is 0 Å². The average molecular weight is 259 g/mol. The van der Waals surface area contributed by atoms with Gasteiger partial charge in [0.05, 0.1) is 0 Å². The van der Waals surface area contributed by atoms with Crippen LogP contribution in [0.5, 0.6) is 0 Å². The van der Waals surface area contributed by atoms with Crippen LogP contribution in [0, 0.1) is 13.8 Å². The molecule has 0 aliphatic rings. The van der Waals surface area contributed by atoms with Gasteiger partial charge in [-0.15, -0.1) is 10.2 Å². The highest BCUT2D eigenvalue weighted by Crippen LogP contribution is 2.20. The molecule has 100 valence electrons. The molecule has 1 aromatic heterocycles. The molecule has 19 heavy (non-hydrogen) atoms. The number of aromatic nitrogens is 2. The van der Waals surface area contributed by atoms with Gasteiger partial charge in [0.25, 0.3) is 0 Å². The van der Waals surface area contributed by atoms with Crippen molar-refractivity contribution in [2.24, 2.45) is 0 Å². The fraction of sp³-hybridized carbons (Fsp3) is 0.357. The van der Waals surface area contributed by atoms with Crippen molar-refractivity contribution >= 4 is 11.6 Å². The molecule has 1 heterocycles. The van der Waals surface area contributed by atoms with Crippen LogP contribution in [0.4, 0.5) is 5.69 Å². The Hall–Kier alpha value is -2.17. The highest BCUT2D eigenvalue weighted by molar-refractivity contribution is 6.01. The van der Waals surface area contributed by atoms with Gasteiger partial charge in [0.2, 0.25) is 5.89 Å². The molecule has 0 saturated carbocycles. The Bertz CT molecular complexity index is 582. The second kappa shape index (κ2) is 5.22.